The summed E-state index contributed by atoms with van der Waals surface area (Å²) in [5.41, 5.74) is 0. The predicted molar refractivity (Wildman–Crippen MR) is 66.0 cm³/mol. The molecule has 110 valence electrons. The van der Waals surface area contributed by atoms with Crippen molar-refractivity contribution in [3.05, 3.63) is 48.5 Å². The summed E-state index contributed by atoms with van der Waals surface area (Å²) in [5.74, 6) is 0.220. The number of phenols is 1. The number of ether oxygens (including phenoxy) is 1. The molecule has 0 aromatic heterocycles. The predicted octanol–water partition coefficient (Wildman–Crippen LogP) is 5.84. The van der Waals surface area contributed by atoms with Gasteiger partial charge < -0.3 is 9.84 Å². The van der Waals surface area contributed by atoms with Crippen molar-refractivity contribution >= 4 is 10.2 Å². The molecule has 1 N–H and O–H groups in total. The highest BCUT2D eigenvalue weighted by Gasteiger charge is 2.65. The van der Waals surface area contributed by atoms with Gasteiger partial charge in [0.05, 0.1) is 0 Å². The van der Waals surface area contributed by atoms with E-state index in [1.165, 1.54) is 24.3 Å². The number of benzene rings is 2. The molecular formula is C12H9F5O2S. The molecule has 0 amide bonds. The molecule has 0 bridgehead atoms. The lowest BCUT2D eigenvalue weighted by Gasteiger charge is -2.40. The Kier molecular flexibility index (Phi) is 2.73. The van der Waals surface area contributed by atoms with E-state index in [1.807, 2.05) is 0 Å². The fourth-order valence-corrected chi connectivity index (χ4v) is 2.07. The minimum absolute atomic E-state index is 0.00592. The average Bonchev–Trinajstić information content (AvgIpc) is 2.30. The molecule has 0 saturated carbocycles. The number of hydrogen-bond donors (Lipinski definition) is 1. The zero-order chi connectivity index (χ0) is 15.1. The molecule has 0 saturated heterocycles. The molecule has 8 heteroatoms. The van der Waals surface area contributed by atoms with Crippen molar-refractivity contribution in [1.82, 2.24) is 0 Å². The van der Waals surface area contributed by atoms with Gasteiger partial charge in [-0.2, -0.15) is 0 Å². The molecule has 0 unspecified atom stereocenters. The van der Waals surface area contributed by atoms with E-state index in [2.05, 4.69) is 0 Å². The van der Waals surface area contributed by atoms with Crippen LogP contribution in [0.1, 0.15) is 0 Å². The molecule has 0 aliphatic carbocycles. The molecule has 0 radical (unpaired) electrons. The van der Waals surface area contributed by atoms with Crippen LogP contribution in [0.15, 0.2) is 53.4 Å². The van der Waals surface area contributed by atoms with Crippen LogP contribution in [0.25, 0.3) is 0 Å². The molecule has 2 nitrogen and oxygen atoms in total. The van der Waals surface area contributed by atoms with Crippen molar-refractivity contribution < 1.29 is 29.3 Å². The number of halogens is 5. The molecule has 20 heavy (non-hydrogen) atoms. The van der Waals surface area contributed by atoms with Gasteiger partial charge in [0.2, 0.25) is 0 Å². The van der Waals surface area contributed by atoms with Gasteiger partial charge in [-0.05, 0) is 48.5 Å². The maximum atomic E-state index is 12.5. The second-order valence-electron chi connectivity index (χ2n) is 4.04. The van der Waals surface area contributed by atoms with Gasteiger partial charge in [-0.15, -0.1) is 0 Å². The lowest BCUT2D eigenvalue weighted by molar-refractivity contribution is 0.363. The summed E-state index contributed by atoms with van der Waals surface area (Å²) in [4.78, 5) is -1.97. The number of hydrogen-bond acceptors (Lipinski definition) is 2. The smallest absolute Gasteiger partial charge is 0.310 e. The van der Waals surface area contributed by atoms with Gasteiger partial charge in [0, 0.05) is 0 Å². The van der Waals surface area contributed by atoms with Crippen LogP contribution < -0.4 is 4.74 Å². The van der Waals surface area contributed by atoms with Gasteiger partial charge in [-0.1, -0.05) is 19.4 Å². The molecule has 2 aromatic rings. The largest absolute Gasteiger partial charge is 0.508 e. The monoisotopic (exact) mass is 312 g/mol. The fourth-order valence-electron chi connectivity index (χ4n) is 1.42. The number of phenolic OH excluding ortho intramolecular Hbond substituents is 1. The minimum Gasteiger partial charge on any atom is -0.508 e. The van der Waals surface area contributed by atoms with Gasteiger partial charge in [-0.3, -0.25) is 0 Å². The number of rotatable bonds is 3. The Hall–Kier alpha value is -1.96. The lowest BCUT2D eigenvalue weighted by Crippen LogP contribution is -2.05. The molecule has 2 rings (SSSR count). The minimum atomic E-state index is -9.65. The maximum Gasteiger partial charge on any atom is 0.310 e. The van der Waals surface area contributed by atoms with Gasteiger partial charge >= 0.3 is 10.2 Å². The average molecular weight is 312 g/mol. The van der Waals surface area contributed by atoms with Crippen LogP contribution in [-0.4, -0.2) is 5.11 Å². The standard InChI is InChI=1S/C12H9F5O2S/c13-20(14,15,16,17)12-7-5-11(6-8-12)19-10-3-1-9(18)2-4-10/h1-8,18H. The highest BCUT2D eigenvalue weighted by atomic mass is 32.5. The summed E-state index contributed by atoms with van der Waals surface area (Å²) < 4.78 is 67.6. The van der Waals surface area contributed by atoms with Crippen LogP contribution in [0, 0.1) is 0 Å². The summed E-state index contributed by atoms with van der Waals surface area (Å²) in [6.07, 6.45) is 0. The Balaban J connectivity index is 2.24. The van der Waals surface area contributed by atoms with Crippen molar-refractivity contribution in [1.29, 1.82) is 0 Å². The maximum absolute atomic E-state index is 12.5. The Bertz CT molecular complexity index is 620. The SMILES string of the molecule is Oc1ccc(Oc2ccc(S(F)(F)(F)(F)F)cc2)cc1. The number of aromatic hydroxyl groups is 1. The van der Waals surface area contributed by atoms with Crippen LogP contribution in [0.4, 0.5) is 19.4 Å². The first kappa shape index (κ1) is 14.4. The van der Waals surface area contributed by atoms with E-state index in [4.69, 9.17) is 9.84 Å². The summed E-state index contributed by atoms with van der Waals surface area (Å²) in [6, 6.07) is 7.56. The molecule has 2 aromatic carbocycles. The summed E-state index contributed by atoms with van der Waals surface area (Å²) >= 11 is 0. The molecule has 0 fully saturated rings. The van der Waals surface area contributed by atoms with E-state index in [0.29, 0.717) is 0 Å². The summed E-state index contributed by atoms with van der Waals surface area (Å²) in [7, 11) is -9.65. The van der Waals surface area contributed by atoms with E-state index >= 15 is 0 Å². The van der Waals surface area contributed by atoms with Crippen molar-refractivity contribution in [2.75, 3.05) is 0 Å². The molecule has 0 aliphatic heterocycles. The van der Waals surface area contributed by atoms with Crippen LogP contribution in [0.3, 0.4) is 0 Å². The van der Waals surface area contributed by atoms with E-state index in [-0.39, 0.29) is 29.4 Å². The Morgan fingerprint density at radius 1 is 0.700 bits per heavy atom. The Morgan fingerprint density at radius 2 is 1.10 bits per heavy atom. The zero-order valence-electron chi connectivity index (χ0n) is 9.77. The summed E-state index contributed by atoms with van der Waals surface area (Å²) in [6.45, 7) is 0. The highest BCUT2D eigenvalue weighted by molar-refractivity contribution is 8.45. The van der Waals surface area contributed by atoms with Crippen molar-refractivity contribution in [3.63, 3.8) is 0 Å². The second-order valence-corrected chi connectivity index (χ2v) is 6.45. The third-order valence-corrected chi connectivity index (χ3v) is 3.50. The Labute approximate surface area is 111 Å². The van der Waals surface area contributed by atoms with Gasteiger partial charge in [0.25, 0.3) is 0 Å². The van der Waals surface area contributed by atoms with Crippen molar-refractivity contribution in [3.8, 4) is 17.2 Å². The topological polar surface area (TPSA) is 29.5 Å². The summed E-state index contributed by atoms with van der Waals surface area (Å²) in [5, 5.41) is 9.05. The zero-order valence-corrected chi connectivity index (χ0v) is 10.6. The normalized spacial score (nSPS) is 15.2. The van der Waals surface area contributed by atoms with Crippen molar-refractivity contribution in [2.24, 2.45) is 0 Å². The van der Waals surface area contributed by atoms with Gasteiger partial charge in [-0.25, -0.2) is 0 Å². The van der Waals surface area contributed by atoms with Gasteiger partial charge in [0.15, 0.2) is 0 Å². The quantitative estimate of drug-likeness (QED) is 0.721. The van der Waals surface area contributed by atoms with Crippen LogP contribution in [-0.2, 0) is 0 Å². The van der Waals surface area contributed by atoms with E-state index in [0.717, 1.165) is 12.1 Å². The highest BCUT2D eigenvalue weighted by Crippen LogP contribution is 3.02. The van der Waals surface area contributed by atoms with Crippen LogP contribution >= 0.6 is 10.2 Å². The Morgan fingerprint density at radius 3 is 1.50 bits per heavy atom. The van der Waals surface area contributed by atoms with E-state index < -0.39 is 15.1 Å². The third-order valence-electron chi connectivity index (χ3n) is 2.34. The molecule has 0 spiro atoms. The van der Waals surface area contributed by atoms with Crippen LogP contribution in [0.5, 0.6) is 17.2 Å². The van der Waals surface area contributed by atoms with E-state index in [9.17, 15) is 19.4 Å². The van der Waals surface area contributed by atoms with Crippen molar-refractivity contribution in [2.45, 2.75) is 4.90 Å². The fraction of sp³-hybridized carbons (Fsp3) is 0. The first-order valence-electron chi connectivity index (χ1n) is 5.25. The van der Waals surface area contributed by atoms with E-state index in [1.54, 1.807) is 0 Å². The molecule has 0 aliphatic rings. The molecule has 0 heterocycles. The molecular weight excluding hydrogens is 303 g/mol. The first-order valence-corrected chi connectivity index (χ1v) is 7.20. The first-order chi connectivity index (χ1) is 8.94. The molecule has 0 atom stereocenters. The second kappa shape index (κ2) is 3.78. The van der Waals surface area contributed by atoms with Gasteiger partial charge in [0.1, 0.15) is 22.1 Å². The van der Waals surface area contributed by atoms with Crippen LogP contribution in [0.2, 0.25) is 0 Å². The lowest BCUT2D eigenvalue weighted by atomic mass is 10.3. The third kappa shape index (κ3) is 3.53.